The molecule has 1 aromatic heterocycles. The first kappa shape index (κ1) is 13.9. The van der Waals surface area contributed by atoms with Gasteiger partial charge in [0.2, 0.25) is 11.8 Å². The summed E-state index contributed by atoms with van der Waals surface area (Å²) in [6.45, 7) is 0. The third-order valence-electron chi connectivity index (χ3n) is 2.81. The quantitative estimate of drug-likeness (QED) is 0.803. The Balaban J connectivity index is 1.68. The summed E-state index contributed by atoms with van der Waals surface area (Å²) in [4.78, 5) is 28.4. The molecule has 2 aromatic rings. The van der Waals surface area contributed by atoms with Crippen LogP contribution in [0.5, 0.6) is 0 Å². The number of nitrogen functional groups attached to an aromatic ring is 1. The summed E-state index contributed by atoms with van der Waals surface area (Å²) in [5.74, 6) is 0.216. The van der Waals surface area contributed by atoms with E-state index in [9.17, 15) is 9.59 Å². The van der Waals surface area contributed by atoms with Crippen LogP contribution in [0.3, 0.4) is 0 Å². The molecule has 1 aromatic carbocycles. The van der Waals surface area contributed by atoms with Crippen molar-refractivity contribution in [2.75, 3.05) is 22.1 Å². The van der Waals surface area contributed by atoms with Crippen LogP contribution in [0.2, 0.25) is 0 Å². The first-order valence-electron chi connectivity index (χ1n) is 6.16. The summed E-state index contributed by atoms with van der Waals surface area (Å²) in [6.07, 6.45) is 0.173. The lowest BCUT2D eigenvalue weighted by atomic mass is 10.2. The minimum absolute atomic E-state index is 0.0334. The van der Waals surface area contributed by atoms with Crippen LogP contribution >= 0.6 is 23.1 Å². The Labute approximate surface area is 129 Å². The number of fused-ring (bicyclic) bond motifs is 1. The molecular weight excluding hydrogens is 308 g/mol. The zero-order valence-electron chi connectivity index (χ0n) is 10.9. The van der Waals surface area contributed by atoms with Crippen molar-refractivity contribution in [3.63, 3.8) is 0 Å². The van der Waals surface area contributed by atoms with E-state index in [4.69, 9.17) is 5.73 Å². The standard InChI is InChI=1S/C13H12N4O2S2/c14-13-16-8(5-21-13)4-11(18)15-7-1-2-10-9(3-7)17-12(19)6-20-10/h1-3,5H,4,6H2,(H2,14,16)(H,15,18)(H,17,19). The number of rotatable bonds is 3. The van der Waals surface area contributed by atoms with Crippen molar-refractivity contribution >= 4 is 51.4 Å². The molecule has 1 aliphatic rings. The van der Waals surface area contributed by atoms with Gasteiger partial charge in [0.05, 0.1) is 23.6 Å². The second kappa shape index (κ2) is 5.74. The number of hydrogen-bond acceptors (Lipinski definition) is 6. The SMILES string of the molecule is Nc1nc(CC(=O)Nc2ccc3c(c2)NC(=O)CS3)cs1. The zero-order chi connectivity index (χ0) is 14.8. The molecule has 0 radical (unpaired) electrons. The predicted octanol–water partition coefficient (Wildman–Crippen LogP) is 1.95. The van der Waals surface area contributed by atoms with Gasteiger partial charge in [0, 0.05) is 16.0 Å². The molecule has 21 heavy (non-hydrogen) atoms. The molecule has 4 N–H and O–H groups in total. The fraction of sp³-hybridized carbons (Fsp3) is 0.154. The second-order valence-electron chi connectivity index (χ2n) is 4.45. The van der Waals surface area contributed by atoms with Gasteiger partial charge in [0.15, 0.2) is 5.13 Å². The van der Waals surface area contributed by atoms with Gasteiger partial charge in [-0.25, -0.2) is 4.98 Å². The Hall–Kier alpha value is -2.06. The lowest BCUT2D eigenvalue weighted by molar-refractivity contribution is -0.115. The van der Waals surface area contributed by atoms with Crippen molar-refractivity contribution in [2.45, 2.75) is 11.3 Å². The summed E-state index contributed by atoms with van der Waals surface area (Å²) in [5, 5.41) is 7.79. The summed E-state index contributed by atoms with van der Waals surface area (Å²) in [7, 11) is 0. The highest BCUT2D eigenvalue weighted by Gasteiger charge is 2.16. The minimum Gasteiger partial charge on any atom is -0.375 e. The molecule has 108 valence electrons. The van der Waals surface area contributed by atoms with Crippen LogP contribution in [0.15, 0.2) is 28.5 Å². The van der Waals surface area contributed by atoms with Crippen molar-refractivity contribution < 1.29 is 9.59 Å². The lowest BCUT2D eigenvalue weighted by Crippen LogP contribution is -2.19. The average Bonchev–Trinajstić information content (AvgIpc) is 2.83. The fourth-order valence-electron chi connectivity index (χ4n) is 1.93. The number of carbonyl (C=O) groups is 2. The summed E-state index contributed by atoms with van der Waals surface area (Å²) >= 11 is 2.79. The third-order valence-corrected chi connectivity index (χ3v) is 4.60. The molecule has 0 saturated carbocycles. The Bertz CT molecular complexity index is 714. The van der Waals surface area contributed by atoms with E-state index in [1.165, 1.54) is 23.1 Å². The van der Waals surface area contributed by atoms with Crippen LogP contribution in [0.4, 0.5) is 16.5 Å². The molecule has 2 amide bonds. The molecule has 0 unspecified atom stereocenters. The van der Waals surface area contributed by atoms with E-state index in [0.717, 1.165) is 10.6 Å². The number of nitrogens with one attached hydrogen (secondary N) is 2. The molecule has 3 rings (SSSR count). The van der Waals surface area contributed by atoms with Gasteiger partial charge in [-0.2, -0.15) is 0 Å². The molecule has 0 bridgehead atoms. The topological polar surface area (TPSA) is 97.1 Å². The van der Waals surface area contributed by atoms with Crippen LogP contribution in [0.25, 0.3) is 0 Å². The predicted molar refractivity (Wildman–Crippen MR) is 84.7 cm³/mol. The molecule has 0 spiro atoms. The molecule has 0 fully saturated rings. The third kappa shape index (κ3) is 3.34. The van der Waals surface area contributed by atoms with E-state index in [-0.39, 0.29) is 18.2 Å². The summed E-state index contributed by atoms with van der Waals surface area (Å²) in [6, 6.07) is 5.46. The van der Waals surface area contributed by atoms with Gasteiger partial charge in [-0.05, 0) is 18.2 Å². The van der Waals surface area contributed by atoms with Crippen LogP contribution in [0.1, 0.15) is 5.69 Å². The normalized spacial score (nSPS) is 13.4. The Morgan fingerprint density at radius 3 is 3.10 bits per heavy atom. The molecule has 2 heterocycles. The lowest BCUT2D eigenvalue weighted by Gasteiger charge is -2.17. The van der Waals surface area contributed by atoms with Crippen LogP contribution < -0.4 is 16.4 Å². The number of anilines is 3. The number of thioether (sulfide) groups is 1. The van der Waals surface area contributed by atoms with Gasteiger partial charge in [-0.15, -0.1) is 23.1 Å². The maximum atomic E-state index is 11.9. The maximum absolute atomic E-state index is 11.9. The van der Waals surface area contributed by atoms with Gasteiger partial charge in [0.1, 0.15) is 0 Å². The fourth-order valence-corrected chi connectivity index (χ4v) is 3.29. The largest absolute Gasteiger partial charge is 0.375 e. The van der Waals surface area contributed by atoms with Crippen molar-refractivity contribution in [1.29, 1.82) is 0 Å². The highest BCUT2D eigenvalue weighted by atomic mass is 32.2. The van der Waals surface area contributed by atoms with Crippen LogP contribution in [0, 0.1) is 0 Å². The molecule has 0 aliphatic carbocycles. The number of hydrogen-bond donors (Lipinski definition) is 3. The van der Waals surface area contributed by atoms with Gasteiger partial charge in [-0.1, -0.05) is 0 Å². The van der Waals surface area contributed by atoms with Crippen LogP contribution in [-0.2, 0) is 16.0 Å². The van der Waals surface area contributed by atoms with E-state index in [0.29, 0.717) is 22.3 Å². The second-order valence-corrected chi connectivity index (χ2v) is 6.36. The number of thiazole rings is 1. The average molecular weight is 320 g/mol. The number of nitrogens with zero attached hydrogens (tertiary/aromatic N) is 1. The Morgan fingerprint density at radius 1 is 1.48 bits per heavy atom. The first-order chi connectivity index (χ1) is 10.1. The number of aromatic nitrogens is 1. The number of amides is 2. The van der Waals surface area contributed by atoms with Crippen molar-refractivity contribution in [2.24, 2.45) is 0 Å². The smallest absolute Gasteiger partial charge is 0.234 e. The van der Waals surface area contributed by atoms with E-state index in [2.05, 4.69) is 15.6 Å². The van der Waals surface area contributed by atoms with Crippen molar-refractivity contribution in [3.05, 3.63) is 29.3 Å². The van der Waals surface area contributed by atoms with E-state index in [1.54, 1.807) is 11.4 Å². The molecule has 8 heteroatoms. The highest BCUT2D eigenvalue weighted by Crippen LogP contribution is 2.33. The summed E-state index contributed by atoms with van der Waals surface area (Å²) < 4.78 is 0. The molecular formula is C13H12N4O2S2. The van der Waals surface area contributed by atoms with Crippen molar-refractivity contribution in [3.8, 4) is 0 Å². The van der Waals surface area contributed by atoms with Crippen LogP contribution in [-0.4, -0.2) is 22.6 Å². The summed E-state index contributed by atoms with van der Waals surface area (Å²) in [5.41, 5.74) is 7.55. The Morgan fingerprint density at radius 2 is 2.33 bits per heavy atom. The molecule has 0 atom stereocenters. The molecule has 1 aliphatic heterocycles. The number of carbonyl (C=O) groups excluding carboxylic acids is 2. The van der Waals surface area contributed by atoms with E-state index in [1.807, 2.05) is 12.1 Å². The first-order valence-corrected chi connectivity index (χ1v) is 8.03. The van der Waals surface area contributed by atoms with Gasteiger partial charge >= 0.3 is 0 Å². The highest BCUT2D eigenvalue weighted by molar-refractivity contribution is 8.00. The number of nitrogens with two attached hydrogens (primary N) is 1. The van der Waals surface area contributed by atoms with Gasteiger partial charge in [-0.3, -0.25) is 9.59 Å². The monoisotopic (exact) mass is 320 g/mol. The minimum atomic E-state index is -0.171. The maximum Gasteiger partial charge on any atom is 0.234 e. The van der Waals surface area contributed by atoms with E-state index >= 15 is 0 Å². The number of benzene rings is 1. The van der Waals surface area contributed by atoms with Crippen molar-refractivity contribution in [1.82, 2.24) is 4.98 Å². The zero-order valence-corrected chi connectivity index (χ0v) is 12.5. The van der Waals surface area contributed by atoms with Gasteiger partial charge in [0.25, 0.3) is 0 Å². The Kier molecular flexibility index (Phi) is 3.80. The molecule has 6 nitrogen and oxygen atoms in total. The van der Waals surface area contributed by atoms with E-state index < -0.39 is 0 Å². The van der Waals surface area contributed by atoms with Gasteiger partial charge < -0.3 is 16.4 Å². The molecule has 0 saturated heterocycles.